The van der Waals surface area contributed by atoms with Gasteiger partial charge in [0.25, 0.3) is 0 Å². The van der Waals surface area contributed by atoms with Gasteiger partial charge >= 0.3 is 12.0 Å². The van der Waals surface area contributed by atoms with Gasteiger partial charge in [0.15, 0.2) is 6.04 Å². The molecule has 1 heterocycles. The summed E-state index contributed by atoms with van der Waals surface area (Å²) in [5.41, 5.74) is 0. The first-order chi connectivity index (χ1) is 7.65. The second-order valence-electron chi connectivity index (χ2n) is 3.92. The molecule has 0 radical (unpaired) electrons. The van der Waals surface area contributed by atoms with Gasteiger partial charge in [0.2, 0.25) is 0 Å². The predicted molar refractivity (Wildman–Crippen MR) is 57.1 cm³/mol. The van der Waals surface area contributed by atoms with Crippen LogP contribution in [0.1, 0.15) is 25.7 Å². The van der Waals surface area contributed by atoms with Gasteiger partial charge in [-0.2, -0.15) is 0 Å². The molecule has 0 aromatic carbocycles. The van der Waals surface area contributed by atoms with Gasteiger partial charge in [0.1, 0.15) is 0 Å². The zero-order valence-electron chi connectivity index (χ0n) is 9.19. The highest BCUT2D eigenvalue weighted by molar-refractivity contribution is 5.82. The number of carboxylic acid groups (broad SMARTS) is 1. The van der Waals surface area contributed by atoms with E-state index in [-0.39, 0.29) is 0 Å². The van der Waals surface area contributed by atoms with E-state index in [4.69, 9.17) is 10.2 Å². The van der Waals surface area contributed by atoms with Crippen molar-refractivity contribution >= 4 is 12.0 Å². The number of carbonyl (C=O) groups excluding carboxylic acids is 1. The first-order valence-corrected chi connectivity index (χ1v) is 5.54. The molecule has 0 aromatic rings. The number of aliphatic hydroxyl groups is 1. The van der Waals surface area contributed by atoms with Crippen molar-refractivity contribution in [1.82, 2.24) is 10.2 Å². The number of nitrogens with one attached hydrogen (secondary N) is 1. The molecule has 1 atom stereocenters. The Kier molecular flexibility index (Phi) is 5.04. The third kappa shape index (κ3) is 3.69. The maximum atomic E-state index is 11.7. The molecular weight excluding hydrogens is 212 g/mol. The lowest BCUT2D eigenvalue weighted by molar-refractivity contribution is -0.140. The average Bonchev–Trinajstić information content (AvgIpc) is 2.53. The Morgan fingerprint density at radius 3 is 2.19 bits per heavy atom. The first-order valence-electron chi connectivity index (χ1n) is 5.54. The van der Waals surface area contributed by atoms with Crippen LogP contribution in [0.4, 0.5) is 4.79 Å². The van der Waals surface area contributed by atoms with Gasteiger partial charge in [-0.05, 0) is 12.8 Å². The number of likely N-dealkylation sites (tertiary alicyclic amines) is 1. The van der Waals surface area contributed by atoms with Crippen LogP contribution in [0, 0.1) is 0 Å². The number of rotatable bonds is 3. The molecule has 0 aromatic heterocycles. The zero-order valence-corrected chi connectivity index (χ0v) is 9.19. The summed E-state index contributed by atoms with van der Waals surface area (Å²) in [6.45, 7) is 0.724. The van der Waals surface area contributed by atoms with Gasteiger partial charge in [-0.15, -0.1) is 0 Å². The van der Waals surface area contributed by atoms with Crippen molar-refractivity contribution in [3.63, 3.8) is 0 Å². The summed E-state index contributed by atoms with van der Waals surface area (Å²) in [5.74, 6) is -1.22. The summed E-state index contributed by atoms with van der Waals surface area (Å²) < 4.78 is 0. The van der Waals surface area contributed by atoms with Crippen molar-refractivity contribution in [1.29, 1.82) is 0 Å². The molecule has 92 valence electrons. The molecular formula is C10H18N2O4. The number of carbonyl (C=O) groups is 2. The Morgan fingerprint density at radius 1 is 1.19 bits per heavy atom. The van der Waals surface area contributed by atoms with E-state index in [9.17, 15) is 9.59 Å². The van der Waals surface area contributed by atoms with Gasteiger partial charge in [-0.1, -0.05) is 12.8 Å². The number of amides is 2. The quantitative estimate of drug-likeness (QED) is 0.637. The van der Waals surface area contributed by atoms with Crippen molar-refractivity contribution < 1.29 is 19.8 Å². The smallest absolute Gasteiger partial charge is 0.328 e. The van der Waals surface area contributed by atoms with Crippen LogP contribution in [-0.2, 0) is 4.79 Å². The van der Waals surface area contributed by atoms with Crippen LogP contribution in [-0.4, -0.2) is 52.9 Å². The van der Waals surface area contributed by atoms with Gasteiger partial charge < -0.3 is 20.4 Å². The molecule has 1 saturated heterocycles. The summed E-state index contributed by atoms with van der Waals surface area (Å²) >= 11 is 0. The van der Waals surface area contributed by atoms with E-state index in [1.54, 1.807) is 4.90 Å². The number of nitrogens with zero attached hydrogens (tertiary/aromatic N) is 1. The number of aliphatic hydroxyl groups excluding tert-OH is 1. The number of aliphatic carboxylic acids is 1. The zero-order chi connectivity index (χ0) is 12.0. The molecule has 3 N–H and O–H groups in total. The predicted octanol–water partition coefficient (Wildman–Crippen LogP) is 0.0175. The number of hydrogen-bond donors (Lipinski definition) is 3. The van der Waals surface area contributed by atoms with Crippen LogP contribution >= 0.6 is 0 Å². The summed E-state index contributed by atoms with van der Waals surface area (Å²) in [5, 5.41) is 19.8. The molecule has 1 aliphatic heterocycles. The lowest BCUT2D eigenvalue weighted by atomic mass is 10.2. The Labute approximate surface area is 94.2 Å². The van der Waals surface area contributed by atoms with Crippen molar-refractivity contribution in [3.05, 3.63) is 0 Å². The molecule has 16 heavy (non-hydrogen) atoms. The van der Waals surface area contributed by atoms with Crippen molar-refractivity contribution in [3.8, 4) is 0 Å². The number of hydrogen-bond acceptors (Lipinski definition) is 3. The van der Waals surface area contributed by atoms with Gasteiger partial charge in [-0.25, -0.2) is 9.59 Å². The second-order valence-corrected chi connectivity index (χ2v) is 3.92. The SMILES string of the molecule is O=C(O)C(CO)NC(=O)N1CCCCCC1. The van der Waals surface area contributed by atoms with Crippen molar-refractivity contribution in [2.75, 3.05) is 19.7 Å². The third-order valence-corrected chi connectivity index (χ3v) is 2.67. The Bertz CT molecular complexity index is 249. The molecule has 0 spiro atoms. The molecule has 6 heteroatoms. The van der Waals surface area contributed by atoms with Gasteiger partial charge in [-0.3, -0.25) is 0 Å². The highest BCUT2D eigenvalue weighted by atomic mass is 16.4. The van der Waals surface area contributed by atoms with E-state index in [2.05, 4.69) is 5.32 Å². The van der Waals surface area contributed by atoms with Crippen LogP contribution in [0.2, 0.25) is 0 Å². The molecule has 0 bridgehead atoms. The first kappa shape index (κ1) is 12.8. The third-order valence-electron chi connectivity index (χ3n) is 2.67. The standard InChI is InChI=1S/C10H18N2O4/c13-7-8(9(14)15)11-10(16)12-5-3-1-2-4-6-12/h8,13H,1-7H2,(H,11,16)(H,14,15). The van der Waals surface area contributed by atoms with E-state index in [0.29, 0.717) is 13.1 Å². The lowest BCUT2D eigenvalue weighted by Crippen LogP contribution is -2.49. The fourth-order valence-corrected chi connectivity index (χ4v) is 1.70. The normalized spacial score (nSPS) is 18.7. The Hall–Kier alpha value is -1.30. The fourth-order valence-electron chi connectivity index (χ4n) is 1.70. The van der Waals surface area contributed by atoms with Gasteiger partial charge in [0, 0.05) is 13.1 Å². The summed E-state index contributed by atoms with van der Waals surface area (Å²) in [6.07, 6.45) is 4.10. The molecule has 1 rings (SSSR count). The number of carboxylic acids is 1. The van der Waals surface area contributed by atoms with Crippen LogP contribution < -0.4 is 5.32 Å². The molecule has 1 unspecified atom stereocenters. The Balaban J connectivity index is 2.46. The second kappa shape index (κ2) is 6.32. The molecule has 2 amide bonds. The minimum atomic E-state index is -1.22. The highest BCUT2D eigenvalue weighted by Crippen LogP contribution is 2.09. The van der Waals surface area contributed by atoms with E-state index in [0.717, 1.165) is 25.7 Å². The molecule has 1 fully saturated rings. The van der Waals surface area contributed by atoms with Gasteiger partial charge in [0.05, 0.1) is 6.61 Å². The van der Waals surface area contributed by atoms with E-state index in [1.807, 2.05) is 0 Å². The molecule has 1 aliphatic rings. The molecule has 0 saturated carbocycles. The van der Waals surface area contributed by atoms with Crippen LogP contribution in [0.15, 0.2) is 0 Å². The molecule has 6 nitrogen and oxygen atoms in total. The largest absolute Gasteiger partial charge is 0.480 e. The topological polar surface area (TPSA) is 89.9 Å². The van der Waals surface area contributed by atoms with Crippen LogP contribution in [0.5, 0.6) is 0 Å². The van der Waals surface area contributed by atoms with Crippen molar-refractivity contribution in [2.24, 2.45) is 0 Å². The van der Waals surface area contributed by atoms with Crippen molar-refractivity contribution in [2.45, 2.75) is 31.7 Å². The average molecular weight is 230 g/mol. The summed E-state index contributed by atoms with van der Waals surface area (Å²) in [6, 6.07) is -1.61. The molecule has 0 aliphatic carbocycles. The monoisotopic (exact) mass is 230 g/mol. The van der Waals surface area contributed by atoms with E-state index < -0.39 is 24.6 Å². The Morgan fingerprint density at radius 2 is 1.75 bits per heavy atom. The van der Waals surface area contributed by atoms with Crippen LogP contribution in [0.3, 0.4) is 0 Å². The maximum absolute atomic E-state index is 11.7. The summed E-state index contributed by atoms with van der Waals surface area (Å²) in [7, 11) is 0. The minimum Gasteiger partial charge on any atom is -0.480 e. The van der Waals surface area contributed by atoms with E-state index in [1.165, 1.54) is 0 Å². The van der Waals surface area contributed by atoms with Crippen LogP contribution in [0.25, 0.3) is 0 Å². The maximum Gasteiger partial charge on any atom is 0.328 e. The highest BCUT2D eigenvalue weighted by Gasteiger charge is 2.22. The summed E-state index contributed by atoms with van der Waals surface area (Å²) in [4.78, 5) is 23.9. The fraction of sp³-hybridized carbons (Fsp3) is 0.800. The lowest BCUT2D eigenvalue weighted by Gasteiger charge is -2.22. The minimum absolute atomic E-state index is 0.400. The van der Waals surface area contributed by atoms with E-state index >= 15 is 0 Å². The number of urea groups is 1.